The second-order valence-corrected chi connectivity index (χ2v) is 6.08. The molecule has 114 valence electrons. The summed E-state index contributed by atoms with van der Waals surface area (Å²) in [5.41, 5.74) is 0.659. The minimum absolute atomic E-state index is 0.168. The van der Waals surface area contributed by atoms with Crippen LogP contribution in [0.25, 0.3) is 0 Å². The molecule has 0 radical (unpaired) electrons. The molecule has 0 N–H and O–H groups in total. The van der Waals surface area contributed by atoms with Crippen molar-refractivity contribution in [1.82, 2.24) is 4.90 Å². The molecule has 3 nitrogen and oxygen atoms in total. The van der Waals surface area contributed by atoms with E-state index in [-0.39, 0.29) is 11.7 Å². The minimum Gasteiger partial charge on any atom is -0.494 e. The molecule has 1 saturated carbocycles. The fourth-order valence-corrected chi connectivity index (χ4v) is 3.81. The molecule has 0 bridgehead atoms. The van der Waals surface area contributed by atoms with Crippen molar-refractivity contribution in [2.45, 2.75) is 44.7 Å². The van der Waals surface area contributed by atoms with Crippen molar-refractivity contribution >= 4 is 5.78 Å². The fourth-order valence-electron chi connectivity index (χ4n) is 3.81. The minimum atomic E-state index is -0.275. The summed E-state index contributed by atoms with van der Waals surface area (Å²) in [6, 6.07) is 5.57. The number of carbonyl (C=O) groups is 1. The monoisotopic (exact) mass is 291 g/mol. The number of methoxy groups -OCH3 is 1. The summed E-state index contributed by atoms with van der Waals surface area (Å²) < 4.78 is 19.3. The van der Waals surface area contributed by atoms with Crippen molar-refractivity contribution in [3.63, 3.8) is 0 Å². The third-order valence-corrected chi connectivity index (χ3v) is 4.87. The van der Waals surface area contributed by atoms with E-state index in [0.29, 0.717) is 29.7 Å². The lowest BCUT2D eigenvalue weighted by molar-refractivity contribution is -0.122. The van der Waals surface area contributed by atoms with Crippen molar-refractivity contribution in [1.29, 1.82) is 0 Å². The van der Waals surface area contributed by atoms with Gasteiger partial charge in [0.05, 0.1) is 7.11 Å². The van der Waals surface area contributed by atoms with Gasteiger partial charge < -0.3 is 4.74 Å². The van der Waals surface area contributed by atoms with E-state index in [9.17, 15) is 9.18 Å². The van der Waals surface area contributed by atoms with Gasteiger partial charge in [0, 0.05) is 30.5 Å². The number of halogens is 1. The zero-order valence-corrected chi connectivity index (χ0v) is 12.5. The Labute approximate surface area is 125 Å². The van der Waals surface area contributed by atoms with Gasteiger partial charge in [0.25, 0.3) is 0 Å². The molecule has 4 heteroatoms. The van der Waals surface area contributed by atoms with E-state index in [1.54, 1.807) is 6.07 Å². The number of rotatable bonds is 4. The maximum absolute atomic E-state index is 14.3. The third-order valence-electron chi connectivity index (χ3n) is 4.87. The number of hydrogen-bond donors (Lipinski definition) is 0. The summed E-state index contributed by atoms with van der Waals surface area (Å²) in [5, 5.41) is 0. The number of carbonyl (C=O) groups excluding carboxylic acids is 1. The summed E-state index contributed by atoms with van der Waals surface area (Å²) in [7, 11) is 1.48. The van der Waals surface area contributed by atoms with Crippen molar-refractivity contribution in [3.8, 4) is 5.75 Å². The summed E-state index contributed by atoms with van der Waals surface area (Å²) in [4.78, 5) is 14.3. The van der Waals surface area contributed by atoms with Crippen molar-refractivity contribution in [3.05, 3.63) is 29.6 Å². The number of Topliss-reactive ketones (excluding diaryl/α,β-unsaturated/α-hetero) is 1. The van der Waals surface area contributed by atoms with Gasteiger partial charge in [-0.15, -0.1) is 0 Å². The molecule has 0 spiro atoms. The molecular weight excluding hydrogens is 269 g/mol. The number of ether oxygens (including phenoxy) is 1. The maximum atomic E-state index is 14.3. The predicted molar refractivity (Wildman–Crippen MR) is 78.7 cm³/mol. The van der Waals surface area contributed by atoms with E-state index in [2.05, 4.69) is 4.90 Å². The topological polar surface area (TPSA) is 29.5 Å². The highest BCUT2D eigenvalue weighted by molar-refractivity contribution is 5.83. The first-order valence-electron chi connectivity index (χ1n) is 7.79. The molecule has 1 aliphatic carbocycles. The van der Waals surface area contributed by atoms with Crippen molar-refractivity contribution < 1.29 is 13.9 Å². The van der Waals surface area contributed by atoms with Crippen LogP contribution in [0.3, 0.4) is 0 Å². The Morgan fingerprint density at radius 2 is 2.19 bits per heavy atom. The van der Waals surface area contributed by atoms with Crippen LogP contribution in [0.1, 0.15) is 37.7 Å². The van der Waals surface area contributed by atoms with Gasteiger partial charge >= 0.3 is 0 Å². The van der Waals surface area contributed by atoms with Gasteiger partial charge in [-0.25, -0.2) is 4.39 Å². The summed E-state index contributed by atoms with van der Waals surface area (Å²) in [5.74, 6) is 0.586. The first-order chi connectivity index (χ1) is 10.2. The molecular formula is C17H22FNO2. The van der Waals surface area contributed by atoms with Crippen LogP contribution in [0, 0.1) is 11.7 Å². The van der Waals surface area contributed by atoms with Gasteiger partial charge in [0.2, 0.25) is 0 Å². The molecule has 2 atom stereocenters. The Kier molecular flexibility index (Phi) is 4.24. The molecule has 3 rings (SSSR count). The summed E-state index contributed by atoms with van der Waals surface area (Å²) in [6.07, 6.45) is 4.90. The predicted octanol–water partition coefficient (Wildman–Crippen LogP) is 3.17. The van der Waals surface area contributed by atoms with Crippen LogP contribution in [0.4, 0.5) is 4.39 Å². The third kappa shape index (κ3) is 2.82. The molecule has 1 heterocycles. The van der Waals surface area contributed by atoms with Crippen LogP contribution >= 0.6 is 0 Å². The van der Waals surface area contributed by atoms with Crippen LogP contribution in [0.5, 0.6) is 5.75 Å². The molecule has 0 amide bonds. The summed E-state index contributed by atoms with van der Waals surface area (Å²) in [6.45, 7) is 1.52. The quantitative estimate of drug-likeness (QED) is 0.853. The van der Waals surface area contributed by atoms with Gasteiger partial charge in [-0.2, -0.15) is 0 Å². The highest BCUT2D eigenvalue weighted by Gasteiger charge is 2.38. The Hall–Kier alpha value is -1.42. The van der Waals surface area contributed by atoms with Crippen molar-refractivity contribution in [2.75, 3.05) is 13.7 Å². The number of nitrogens with zero attached hydrogens (tertiary/aromatic N) is 1. The normalized spacial score (nSPS) is 26.5. The molecule has 0 aromatic heterocycles. The molecule has 2 fully saturated rings. The van der Waals surface area contributed by atoms with Gasteiger partial charge in [-0.1, -0.05) is 12.1 Å². The van der Waals surface area contributed by atoms with Gasteiger partial charge in [-0.05, 0) is 38.3 Å². The number of hydrogen-bond acceptors (Lipinski definition) is 3. The first kappa shape index (κ1) is 14.5. The Morgan fingerprint density at radius 1 is 1.33 bits per heavy atom. The molecule has 1 saturated heterocycles. The van der Waals surface area contributed by atoms with Gasteiger partial charge in [0.15, 0.2) is 11.6 Å². The highest BCUT2D eigenvalue weighted by atomic mass is 19.1. The number of benzene rings is 1. The van der Waals surface area contributed by atoms with Crippen LogP contribution < -0.4 is 4.74 Å². The Balaban J connectivity index is 1.76. The first-order valence-corrected chi connectivity index (χ1v) is 7.79. The van der Waals surface area contributed by atoms with Crippen LogP contribution in [0.2, 0.25) is 0 Å². The second-order valence-electron chi connectivity index (χ2n) is 6.08. The average Bonchev–Trinajstić information content (AvgIpc) is 3.09. The van der Waals surface area contributed by atoms with E-state index >= 15 is 0 Å². The lowest BCUT2D eigenvalue weighted by Gasteiger charge is -2.28. The lowest BCUT2D eigenvalue weighted by Crippen LogP contribution is -2.37. The van der Waals surface area contributed by atoms with E-state index in [1.807, 2.05) is 12.1 Å². The van der Waals surface area contributed by atoms with Crippen molar-refractivity contribution in [2.24, 2.45) is 5.92 Å². The Morgan fingerprint density at radius 3 is 2.90 bits per heavy atom. The van der Waals surface area contributed by atoms with E-state index in [0.717, 1.165) is 38.6 Å². The largest absolute Gasteiger partial charge is 0.494 e. The molecule has 21 heavy (non-hydrogen) atoms. The maximum Gasteiger partial charge on any atom is 0.169 e. The molecule has 2 unspecified atom stereocenters. The highest BCUT2D eigenvalue weighted by Crippen LogP contribution is 2.34. The van der Waals surface area contributed by atoms with Gasteiger partial charge in [0.1, 0.15) is 5.78 Å². The zero-order valence-electron chi connectivity index (χ0n) is 12.5. The average molecular weight is 291 g/mol. The smallest absolute Gasteiger partial charge is 0.169 e. The lowest BCUT2D eigenvalue weighted by atomic mass is 9.95. The van der Waals surface area contributed by atoms with Crippen LogP contribution in [-0.2, 0) is 11.3 Å². The molecule has 1 aromatic carbocycles. The van der Waals surface area contributed by atoms with E-state index < -0.39 is 0 Å². The SMILES string of the molecule is COc1cccc(CN2CCCC2C2CCCC2=O)c1F. The molecule has 1 aromatic rings. The van der Waals surface area contributed by atoms with Gasteiger partial charge in [-0.3, -0.25) is 9.69 Å². The molecule has 2 aliphatic rings. The number of ketones is 1. The van der Waals surface area contributed by atoms with Crippen LogP contribution in [0.15, 0.2) is 18.2 Å². The standard InChI is InChI=1S/C17H22FNO2/c1-21-16-9-2-5-12(17(16)18)11-19-10-4-7-14(19)13-6-3-8-15(13)20/h2,5,9,13-14H,3-4,6-8,10-11H2,1H3. The summed E-state index contributed by atoms with van der Waals surface area (Å²) >= 11 is 0. The van der Waals surface area contributed by atoms with Crippen LogP contribution in [-0.4, -0.2) is 30.4 Å². The number of likely N-dealkylation sites (tertiary alicyclic amines) is 1. The second kappa shape index (κ2) is 6.14. The fraction of sp³-hybridized carbons (Fsp3) is 0.588. The Bertz CT molecular complexity index is 532. The zero-order chi connectivity index (χ0) is 14.8. The van der Waals surface area contributed by atoms with E-state index in [1.165, 1.54) is 7.11 Å². The van der Waals surface area contributed by atoms with E-state index in [4.69, 9.17) is 4.74 Å². The molecule has 1 aliphatic heterocycles.